The molecule has 3 aromatic heterocycles. The highest BCUT2D eigenvalue weighted by Crippen LogP contribution is 2.36. The lowest BCUT2D eigenvalue weighted by Crippen LogP contribution is -2.48. The van der Waals surface area contributed by atoms with Crippen LogP contribution in [0.1, 0.15) is 41.4 Å². The third-order valence-electron chi connectivity index (χ3n) is 7.94. The summed E-state index contributed by atoms with van der Waals surface area (Å²) in [6, 6.07) is 19.5. The Morgan fingerprint density at radius 1 is 1.05 bits per heavy atom. The van der Waals surface area contributed by atoms with Gasteiger partial charge in [-0.1, -0.05) is 30.3 Å². The number of rotatable bonds is 3. The molecular weight excluding hydrogens is 462 g/mol. The van der Waals surface area contributed by atoms with Gasteiger partial charge >= 0.3 is 0 Å². The lowest BCUT2D eigenvalue weighted by atomic mass is 10.0. The number of benzene rings is 2. The molecule has 2 aromatic carbocycles. The van der Waals surface area contributed by atoms with E-state index >= 15 is 0 Å². The highest BCUT2D eigenvalue weighted by atomic mass is 16.2. The van der Waals surface area contributed by atoms with Gasteiger partial charge < -0.3 is 14.8 Å². The summed E-state index contributed by atoms with van der Waals surface area (Å²) in [6.07, 6.45) is 4.73. The van der Waals surface area contributed by atoms with E-state index in [1.54, 1.807) is 10.9 Å². The van der Waals surface area contributed by atoms with Crippen LogP contribution in [0.2, 0.25) is 0 Å². The van der Waals surface area contributed by atoms with Crippen LogP contribution < -0.4 is 4.90 Å². The number of pyridine rings is 1. The zero-order valence-electron chi connectivity index (χ0n) is 21.1. The van der Waals surface area contributed by atoms with Crippen LogP contribution in [-0.4, -0.2) is 60.7 Å². The van der Waals surface area contributed by atoms with Crippen LogP contribution in [0.25, 0.3) is 28.0 Å². The molecule has 0 saturated carbocycles. The van der Waals surface area contributed by atoms with Crippen molar-refractivity contribution in [2.45, 2.75) is 45.2 Å². The third-order valence-corrected chi connectivity index (χ3v) is 7.94. The molecule has 1 N–H and O–H groups in total. The Morgan fingerprint density at radius 2 is 1.84 bits per heavy atom. The molecule has 1 fully saturated rings. The molecule has 0 spiro atoms. The molecule has 186 valence electrons. The molecule has 0 aliphatic carbocycles. The fourth-order valence-electron chi connectivity index (χ4n) is 6.12. The minimum absolute atomic E-state index is 0.0404. The largest absolute Gasteiger partial charge is 0.365 e. The summed E-state index contributed by atoms with van der Waals surface area (Å²) in [4.78, 5) is 30.7. The SMILES string of the molecule is Cc1nn(-c2nc3ccccc3[nH]2)c2ncc(C(=O)N3CCC(N4c5ccccc5CC4C)CC3)cc12. The minimum Gasteiger partial charge on any atom is -0.365 e. The number of piperidine rings is 1. The fraction of sp³-hybridized carbons (Fsp3) is 0.310. The standard InChI is InChI=1S/C29H29N7O/c1-18-15-20-7-3-6-10-26(20)35(18)22-11-13-34(14-12-22)28(37)21-16-23-19(2)33-36(27(23)30-17-21)29-31-24-8-4-5-9-25(24)32-29/h3-10,16-18,22H,11-15H2,1-2H3,(H,31,32). The first kappa shape index (κ1) is 22.0. The smallest absolute Gasteiger partial charge is 0.255 e. The van der Waals surface area contributed by atoms with Crippen LogP contribution in [0.3, 0.4) is 0 Å². The number of imidazole rings is 1. The molecule has 37 heavy (non-hydrogen) atoms. The highest BCUT2D eigenvalue weighted by Gasteiger charge is 2.34. The van der Waals surface area contributed by atoms with Crippen LogP contribution in [0, 0.1) is 6.92 Å². The number of nitrogens with zero attached hydrogens (tertiary/aromatic N) is 6. The van der Waals surface area contributed by atoms with E-state index < -0.39 is 0 Å². The average molecular weight is 492 g/mol. The first-order valence-corrected chi connectivity index (χ1v) is 13.0. The minimum atomic E-state index is 0.0404. The van der Waals surface area contributed by atoms with Gasteiger partial charge in [0, 0.05) is 42.4 Å². The van der Waals surface area contributed by atoms with E-state index in [4.69, 9.17) is 0 Å². The van der Waals surface area contributed by atoms with E-state index in [0.717, 1.165) is 54.5 Å². The molecule has 1 saturated heterocycles. The van der Waals surface area contributed by atoms with Crippen molar-refractivity contribution < 1.29 is 4.79 Å². The van der Waals surface area contributed by atoms with E-state index in [9.17, 15) is 4.79 Å². The third kappa shape index (κ3) is 3.58. The Kier molecular flexibility index (Phi) is 5.02. The first-order valence-electron chi connectivity index (χ1n) is 13.0. The van der Waals surface area contributed by atoms with Gasteiger partial charge in [0.2, 0.25) is 5.95 Å². The molecular formula is C29H29N7O. The average Bonchev–Trinajstić information content (AvgIpc) is 3.60. The zero-order valence-corrected chi connectivity index (χ0v) is 21.1. The van der Waals surface area contributed by atoms with Crippen molar-refractivity contribution in [3.8, 4) is 5.95 Å². The van der Waals surface area contributed by atoms with Crippen molar-refractivity contribution in [3.05, 3.63) is 77.6 Å². The van der Waals surface area contributed by atoms with Crippen molar-refractivity contribution in [1.82, 2.24) is 29.6 Å². The number of aryl methyl sites for hydroxylation is 1. The molecule has 8 nitrogen and oxygen atoms in total. The molecule has 0 bridgehead atoms. The fourth-order valence-corrected chi connectivity index (χ4v) is 6.12. The van der Waals surface area contributed by atoms with Gasteiger partial charge in [0.1, 0.15) is 0 Å². The van der Waals surface area contributed by atoms with Gasteiger partial charge in [0.05, 0.1) is 22.3 Å². The number of hydrogen-bond donors (Lipinski definition) is 1. The van der Waals surface area contributed by atoms with E-state index in [0.29, 0.717) is 29.2 Å². The Labute approximate surface area is 214 Å². The normalized spacial score (nSPS) is 18.2. The Hall–Kier alpha value is -4.20. The van der Waals surface area contributed by atoms with Gasteiger partial charge in [0.15, 0.2) is 5.65 Å². The van der Waals surface area contributed by atoms with Gasteiger partial charge in [0.25, 0.3) is 5.91 Å². The number of aromatic nitrogens is 5. The monoisotopic (exact) mass is 491 g/mol. The van der Waals surface area contributed by atoms with Crippen molar-refractivity contribution in [1.29, 1.82) is 0 Å². The quantitative estimate of drug-likeness (QED) is 0.397. The Balaban J connectivity index is 1.11. The van der Waals surface area contributed by atoms with Crippen LogP contribution in [0.15, 0.2) is 60.8 Å². The van der Waals surface area contributed by atoms with Crippen LogP contribution in [0.5, 0.6) is 0 Å². The molecule has 2 aliphatic heterocycles. The molecule has 0 radical (unpaired) electrons. The maximum Gasteiger partial charge on any atom is 0.255 e. The van der Waals surface area contributed by atoms with Crippen molar-refractivity contribution in [3.63, 3.8) is 0 Å². The molecule has 5 aromatic rings. The predicted octanol–water partition coefficient (Wildman–Crippen LogP) is 4.66. The molecule has 1 amide bonds. The summed E-state index contributed by atoms with van der Waals surface area (Å²) in [5.41, 5.74) is 6.74. The lowest BCUT2D eigenvalue weighted by molar-refractivity contribution is 0.0711. The highest BCUT2D eigenvalue weighted by molar-refractivity contribution is 5.97. The number of carbonyl (C=O) groups excluding carboxylic acids is 1. The predicted molar refractivity (Wildman–Crippen MR) is 144 cm³/mol. The summed E-state index contributed by atoms with van der Waals surface area (Å²) in [5, 5.41) is 5.54. The molecule has 1 unspecified atom stereocenters. The summed E-state index contributed by atoms with van der Waals surface area (Å²) < 4.78 is 1.72. The number of para-hydroxylation sites is 3. The summed E-state index contributed by atoms with van der Waals surface area (Å²) in [7, 11) is 0. The number of aromatic amines is 1. The second-order valence-corrected chi connectivity index (χ2v) is 10.3. The van der Waals surface area contributed by atoms with Gasteiger partial charge in [-0.2, -0.15) is 9.78 Å². The number of anilines is 1. The number of H-pyrrole nitrogens is 1. The van der Waals surface area contributed by atoms with Crippen LogP contribution in [-0.2, 0) is 6.42 Å². The summed E-state index contributed by atoms with van der Waals surface area (Å²) in [6.45, 7) is 5.76. The van der Waals surface area contributed by atoms with E-state index in [-0.39, 0.29) is 5.91 Å². The van der Waals surface area contributed by atoms with Crippen LogP contribution >= 0.6 is 0 Å². The van der Waals surface area contributed by atoms with Gasteiger partial charge in [-0.05, 0) is 62.9 Å². The Morgan fingerprint density at radius 3 is 2.68 bits per heavy atom. The molecule has 8 heteroatoms. The molecule has 5 heterocycles. The molecule has 2 aliphatic rings. The zero-order chi connectivity index (χ0) is 25.1. The Bertz CT molecular complexity index is 1610. The van der Waals surface area contributed by atoms with Crippen molar-refractivity contribution in [2.24, 2.45) is 0 Å². The second kappa shape index (κ2) is 8.44. The second-order valence-electron chi connectivity index (χ2n) is 10.3. The van der Waals surface area contributed by atoms with Gasteiger partial charge in [-0.3, -0.25) is 4.79 Å². The number of hydrogen-bond acceptors (Lipinski definition) is 5. The van der Waals surface area contributed by atoms with Gasteiger partial charge in [-0.15, -0.1) is 0 Å². The molecule has 7 rings (SSSR count). The van der Waals surface area contributed by atoms with E-state index in [1.807, 2.05) is 42.2 Å². The maximum atomic E-state index is 13.5. The number of amides is 1. The van der Waals surface area contributed by atoms with E-state index in [1.165, 1.54) is 11.3 Å². The number of carbonyl (C=O) groups is 1. The van der Waals surface area contributed by atoms with Gasteiger partial charge in [-0.25, -0.2) is 9.97 Å². The van der Waals surface area contributed by atoms with Crippen LogP contribution in [0.4, 0.5) is 5.69 Å². The topological polar surface area (TPSA) is 82.9 Å². The summed E-state index contributed by atoms with van der Waals surface area (Å²) >= 11 is 0. The first-order chi connectivity index (χ1) is 18.1. The number of fused-ring (bicyclic) bond motifs is 3. The molecule has 1 atom stereocenters. The van der Waals surface area contributed by atoms with Crippen molar-refractivity contribution >= 4 is 33.7 Å². The number of nitrogens with one attached hydrogen (secondary N) is 1. The number of likely N-dealkylation sites (tertiary alicyclic amines) is 1. The lowest BCUT2D eigenvalue weighted by Gasteiger charge is -2.40. The maximum absolute atomic E-state index is 13.5. The van der Waals surface area contributed by atoms with E-state index in [2.05, 4.69) is 56.1 Å². The summed E-state index contributed by atoms with van der Waals surface area (Å²) in [5.74, 6) is 0.657. The van der Waals surface area contributed by atoms with Crippen molar-refractivity contribution in [2.75, 3.05) is 18.0 Å².